The van der Waals surface area contributed by atoms with Crippen molar-refractivity contribution in [2.75, 3.05) is 6.54 Å². The highest BCUT2D eigenvalue weighted by atomic mass is 127. The molecule has 1 heterocycles. The molecule has 1 fully saturated rings. The lowest BCUT2D eigenvalue weighted by Gasteiger charge is -2.11. The van der Waals surface area contributed by atoms with Gasteiger partial charge in [0.25, 0.3) is 0 Å². The van der Waals surface area contributed by atoms with Gasteiger partial charge in [-0.1, -0.05) is 24.3 Å². The molecule has 1 aliphatic rings. The molecule has 1 aromatic carbocycles. The Morgan fingerprint density at radius 1 is 1.33 bits per heavy atom. The minimum absolute atomic E-state index is 0. The summed E-state index contributed by atoms with van der Waals surface area (Å²) in [5, 5.41) is 6.76. The number of benzene rings is 1. The zero-order chi connectivity index (χ0) is 16.1. The van der Waals surface area contributed by atoms with Gasteiger partial charge in [0.05, 0.1) is 6.54 Å². The van der Waals surface area contributed by atoms with Crippen molar-refractivity contribution in [3.63, 3.8) is 0 Å². The summed E-state index contributed by atoms with van der Waals surface area (Å²) in [7, 11) is 0. The highest BCUT2D eigenvalue weighted by molar-refractivity contribution is 14.0. The molecule has 6 heteroatoms. The van der Waals surface area contributed by atoms with Crippen molar-refractivity contribution >= 4 is 29.9 Å². The molecule has 0 radical (unpaired) electrons. The number of guanidine groups is 1. The first-order valence-corrected chi connectivity index (χ1v) is 8.35. The first-order chi connectivity index (χ1) is 11.2. The van der Waals surface area contributed by atoms with Crippen LogP contribution in [0.5, 0.6) is 0 Å². The number of halogens is 1. The maximum Gasteiger partial charge on any atom is 0.191 e. The van der Waals surface area contributed by atoms with Crippen LogP contribution in [-0.4, -0.2) is 28.1 Å². The molecular formula is C18H26IN5. The summed E-state index contributed by atoms with van der Waals surface area (Å²) in [6.45, 7) is 6.56. The van der Waals surface area contributed by atoms with Gasteiger partial charge in [-0.05, 0) is 37.8 Å². The summed E-state index contributed by atoms with van der Waals surface area (Å²) in [5.74, 6) is 1.96. The summed E-state index contributed by atoms with van der Waals surface area (Å²) in [5.41, 5.74) is 2.51. The van der Waals surface area contributed by atoms with Crippen LogP contribution < -0.4 is 10.6 Å². The number of nitrogens with one attached hydrogen (secondary N) is 2. The Labute approximate surface area is 161 Å². The fraction of sp³-hybridized carbons (Fsp3) is 0.444. The second-order valence-corrected chi connectivity index (χ2v) is 6.04. The van der Waals surface area contributed by atoms with E-state index in [-0.39, 0.29) is 24.0 Å². The standard InChI is InChI=1S/C18H25N5.HI/c1-3-19-18(22-17-7-8-17)21-12-15-5-4-6-16(11-15)13-23-10-9-20-14(23)2;/h4-6,9-11,17H,3,7-8,12-13H2,1-2H3,(H2,19,21,22);1H. The molecule has 24 heavy (non-hydrogen) atoms. The summed E-state index contributed by atoms with van der Waals surface area (Å²) in [4.78, 5) is 8.97. The number of aryl methyl sites for hydroxylation is 1. The Hall–Kier alpha value is -1.57. The normalized spacial score (nSPS) is 14.2. The second-order valence-electron chi connectivity index (χ2n) is 6.04. The van der Waals surface area contributed by atoms with Crippen molar-refractivity contribution < 1.29 is 0 Å². The molecule has 0 amide bonds. The minimum atomic E-state index is 0. The molecule has 0 spiro atoms. The van der Waals surface area contributed by atoms with E-state index in [0.717, 1.165) is 24.9 Å². The maximum absolute atomic E-state index is 4.69. The predicted octanol–water partition coefficient (Wildman–Crippen LogP) is 3.08. The molecule has 0 aliphatic heterocycles. The van der Waals surface area contributed by atoms with E-state index in [1.54, 1.807) is 0 Å². The average Bonchev–Trinajstić information content (AvgIpc) is 3.28. The molecule has 1 aliphatic carbocycles. The molecule has 130 valence electrons. The zero-order valence-electron chi connectivity index (χ0n) is 14.3. The van der Waals surface area contributed by atoms with Crippen molar-refractivity contribution in [1.29, 1.82) is 0 Å². The van der Waals surface area contributed by atoms with Crippen LogP contribution in [0.15, 0.2) is 41.7 Å². The largest absolute Gasteiger partial charge is 0.357 e. The van der Waals surface area contributed by atoms with E-state index in [9.17, 15) is 0 Å². The fourth-order valence-electron chi connectivity index (χ4n) is 2.51. The third-order valence-electron chi connectivity index (χ3n) is 3.95. The van der Waals surface area contributed by atoms with Crippen molar-refractivity contribution in [1.82, 2.24) is 20.2 Å². The van der Waals surface area contributed by atoms with Gasteiger partial charge in [-0.15, -0.1) is 24.0 Å². The van der Waals surface area contributed by atoms with Crippen LogP contribution in [0.2, 0.25) is 0 Å². The topological polar surface area (TPSA) is 54.2 Å². The van der Waals surface area contributed by atoms with Gasteiger partial charge >= 0.3 is 0 Å². The highest BCUT2D eigenvalue weighted by Crippen LogP contribution is 2.18. The molecule has 0 bridgehead atoms. The smallest absolute Gasteiger partial charge is 0.191 e. The van der Waals surface area contributed by atoms with Crippen LogP contribution in [0, 0.1) is 6.92 Å². The molecule has 2 aromatic rings. The third kappa shape index (κ3) is 5.51. The summed E-state index contributed by atoms with van der Waals surface area (Å²) in [6.07, 6.45) is 6.37. The van der Waals surface area contributed by atoms with E-state index in [1.165, 1.54) is 24.0 Å². The quantitative estimate of drug-likeness (QED) is 0.413. The predicted molar refractivity (Wildman–Crippen MR) is 109 cm³/mol. The van der Waals surface area contributed by atoms with Crippen molar-refractivity contribution in [3.8, 4) is 0 Å². The number of aliphatic imine (C=N–C) groups is 1. The zero-order valence-corrected chi connectivity index (χ0v) is 16.7. The van der Waals surface area contributed by atoms with E-state index in [4.69, 9.17) is 4.99 Å². The van der Waals surface area contributed by atoms with Crippen LogP contribution in [0.25, 0.3) is 0 Å². The lowest BCUT2D eigenvalue weighted by molar-refractivity contribution is 0.760. The van der Waals surface area contributed by atoms with E-state index >= 15 is 0 Å². The molecule has 3 rings (SSSR count). The number of rotatable bonds is 6. The fourth-order valence-corrected chi connectivity index (χ4v) is 2.51. The van der Waals surface area contributed by atoms with Crippen LogP contribution in [0.1, 0.15) is 36.7 Å². The SMILES string of the molecule is CCNC(=NCc1cccc(Cn2ccnc2C)c1)NC1CC1.I. The van der Waals surface area contributed by atoms with Crippen LogP contribution >= 0.6 is 24.0 Å². The van der Waals surface area contributed by atoms with E-state index in [2.05, 4.69) is 51.4 Å². The Morgan fingerprint density at radius 3 is 2.79 bits per heavy atom. The Balaban J connectivity index is 0.00000208. The number of hydrogen-bond donors (Lipinski definition) is 2. The van der Waals surface area contributed by atoms with Crippen molar-refractivity contribution in [3.05, 3.63) is 53.6 Å². The van der Waals surface area contributed by atoms with Gasteiger partial charge < -0.3 is 15.2 Å². The monoisotopic (exact) mass is 439 g/mol. The van der Waals surface area contributed by atoms with Crippen LogP contribution in [0.3, 0.4) is 0 Å². The second kappa shape index (κ2) is 9.05. The van der Waals surface area contributed by atoms with Gasteiger partial charge in [-0.3, -0.25) is 0 Å². The number of imidazole rings is 1. The summed E-state index contributed by atoms with van der Waals surface area (Å²) < 4.78 is 2.15. The van der Waals surface area contributed by atoms with E-state index < -0.39 is 0 Å². The minimum Gasteiger partial charge on any atom is -0.357 e. The Bertz CT molecular complexity index is 676. The van der Waals surface area contributed by atoms with Gasteiger partial charge in [0.15, 0.2) is 5.96 Å². The highest BCUT2D eigenvalue weighted by Gasteiger charge is 2.21. The lowest BCUT2D eigenvalue weighted by atomic mass is 10.1. The van der Waals surface area contributed by atoms with Crippen LogP contribution in [-0.2, 0) is 13.1 Å². The van der Waals surface area contributed by atoms with E-state index in [0.29, 0.717) is 12.6 Å². The molecule has 5 nitrogen and oxygen atoms in total. The van der Waals surface area contributed by atoms with Gasteiger partial charge in [0.1, 0.15) is 5.82 Å². The molecule has 0 saturated heterocycles. The number of aromatic nitrogens is 2. The summed E-state index contributed by atoms with van der Waals surface area (Å²) >= 11 is 0. The molecular weight excluding hydrogens is 413 g/mol. The molecule has 1 saturated carbocycles. The van der Waals surface area contributed by atoms with Gasteiger partial charge in [-0.25, -0.2) is 9.98 Å². The Morgan fingerprint density at radius 2 is 2.12 bits per heavy atom. The van der Waals surface area contributed by atoms with E-state index in [1.807, 2.05) is 19.3 Å². The molecule has 1 aromatic heterocycles. The first kappa shape index (κ1) is 18.8. The average molecular weight is 439 g/mol. The molecule has 0 unspecified atom stereocenters. The van der Waals surface area contributed by atoms with Crippen LogP contribution in [0.4, 0.5) is 0 Å². The molecule has 2 N–H and O–H groups in total. The maximum atomic E-state index is 4.69. The lowest BCUT2D eigenvalue weighted by Crippen LogP contribution is -2.38. The van der Waals surface area contributed by atoms with Gasteiger partial charge in [0.2, 0.25) is 0 Å². The van der Waals surface area contributed by atoms with Gasteiger partial charge in [0, 0.05) is 31.5 Å². The van der Waals surface area contributed by atoms with Gasteiger partial charge in [-0.2, -0.15) is 0 Å². The first-order valence-electron chi connectivity index (χ1n) is 8.35. The number of nitrogens with zero attached hydrogens (tertiary/aromatic N) is 3. The molecule has 0 atom stereocenters. The van der Waals surface area contributed by atoms with Crippen molar-refractivity contribution in [2.45, 2.75) is 45.8 Å². The summed E-state index contributed by atoms with van der Waals surface area (Å²) in [6, 6.07) is 9.23. The van der Waals surface area contributed by atoms with Crippen molar-refractivity contribution in [2.24, 2.45) is 4.99 Å². The third-order valence-corrected chi connectivity index (χ3v) is 3.95. The Kier molecular flexibility index (Phi) is 7.08. The number of hydrogen-bond acceptors (Lipinski definition) is 2.